The van der Waals surface area contributed by atoms with Gasteiger partial charge >= 0.3 is 0 Å². The second kappa shape index (κ2) is 11.1. The van der Waals surface area contributed by atoms with E-state index < -0.39 is 6.04 Å². The number of carbonyl (C=O) groups excluding carboxylic acids is 2. The molecule has 0 radical (unpaired) electrons. The molecule has 1 unspecified atom stereocenters. The van der Waals surface area contributed by atoms with Crippen molar-refractivity contribution in [1.29, 1.82) is 0 Å². The first-order valence-corrected chi connectivity index (χ1v) is 9.85. The van der Waals surface area contributed by atoms with Gasteiger partial charge in [0, 0.05) is 11.6 Å². The predicted molar refractivity (Wildman–Crippen MR) is 115 cm³/mol. The van der Waals surface area contributed by atoms with Crippen molar-refractivity contribution in [2.24, 2.45) is 5.92 Å². The number of hydrogen-bond donors (Lipinski definition) is 2. The van der Waals surface area contributed by atoms with Crippen molar-refractivity contribution in [3.05, 3.63) is 53.6 Å². The molecule has 0 saturated carbocycles. The highest BCUT2D eigenvalue weighted by Gasteiger charge is 2.25. The molecule has 0 fully saturated rings. The van der Waals surface area contributed by atoms with Crippen molar-refractivity contribution >= 4 is 11.8 Å². The fourth-order valence-corrected chi connectivity index (χ4v) is 2.79. The maximum atomic E-state index is 12.7. The number of amides is 2. The lowest BCUT2D eigenvalue weighted by Crippen LogP contribution is -2.50. The van der Waals surface area contributed by atoms with Crippen LogP contribution in [0.15, 0.2) is 42.5 Å². The normalized spacial score (nSPS) is 11.5. The first-order valence-electron chi connectivity index (χ1n) is 9.85. The van der Waals surface area contributed by atoms with Gasteiger partial charge in [-0.3, -0.25) is 9.59 Å². The predicted octanol–water partition coefficient (Wildman–Crippen LogP) is 2.96. The molecular weight excluding hydrogens is 384 g/mol. The lowest BCUT2D eigenvalue weighted by Gasteiger charge is -2.22. The molecule has 0 aliphatic carbocycles. The summed E-state index contributed by atoms with van der Waals surface area (Å²) in [5, 5.41) is 5.62. The smallest absolute Gasteiger partial charge is 0.252 e. The van der Waals surface area contributed by atoms with Crippen molar-refractivity contribution in [2.45, 2.75) is 26.8 Å². The molecule has 0 aliphatic heterocycles. The molecule has 7 heteroatoms. The van der Waals surface area contributed by atoms with Gasteiger partial charge in [0.15, 0.2) is 0 Å². The highest BCUT2D eigenvalue weighted by molar-refractivity contribution is 5.98. The molecule has 0 aromatic heterocycles. The van der Waals surface area contributed by atoms with Crippen LogP contribution in [0.1, 0.15) is 29.8 Å². The average molecular weight is 415 g/mol. The molecule has 0 bridgehead atoms. The summed E-state index contributed by atoms with van der Waals surface area (Å²) in [6.45, 7) is 6.42. The molecule has 0 spiro atoms. The second-order valence-corrected chi connectivity index (χ2v) is 7.25. The Morgan fingerprint density at radius 3 is 2.07 bits per heavy atom. The number of rotatable bonds is 10. The molecule has 0 heterocycles. The van der Waals surface area contributed by atoms with E-state index in [9.17, 15) is 9.59 Å². The number of ether oxygens (including phenoxy) is 3. The van der Waals surface area contributed by atoms with Gasteiger partial charge in [-0.15, -0.1) is 0 Å². The van der Waals surface area contributed by atoms with Crippen molar-refractivity contribution in [1.82, 2.24) is 10.6 Å². The molecule has 162 valence electrons. The number of hydrogen-bond acceptors (Lipinski definition) is 5. The molecule has 30 heavy (non-hydrogen) atoms. The van der Waals surface area contributed by atoms with E-state index in [2.05, 4.69) is 10.6 Å². The number of aryl methyl sites for hydroxylation is 1. The van der Waals surface area contributed by atoms with Crippen molar-refractivity contribution in [2.75, 3.05) is 27.4 Å². The number of carbonyl (C=O) groups is 2. The van der Waals surface area contributed by atoms with Crippen LogP contribution in [0.25, 0.3) is 0 Å². The lowest BCUT2D eigenvalue weighted by atomic mass is 10.0. The van der Waals surface area contributed by atoms with Crippen LogP contribution in [0.2, 0.25) is 0 Å². The van der Waals surface area contributed by atoms with Gasteiger partial charge in [0.2, 0.25) is 5.91 Å². The van der Waals surface area contributed by atoms with Crippen molar-refractivity contribution < 1.29 is 23.8 Å². The Kier molecular flexibility index (Phi) is 8.53. The third-order valence-electron chi connectivity index (χ3n) is 4.54. The summed E-state index contributed by atoms with van der Waals surface area (Å²) in [6.07, 6.45) is 0. The van der Waals surface area contributed by atoms with Gasteiger partial charge < -0.3 is 24.8 Å². The highest BCUT2D eigenvalue weighted by atomic mass is 16.5. The zero-order valence-electron chi connectivity index (χ0n) is 18.2. The van der Waals surface area contributed by atoms with Gasteiger partial charge in [-0.1, -0.05) is 31.5 Å². The summed E-state index contributed by atoms with van der Waals surface area (Å²) >= 11 is 0. The fourth-order valence-electron chi connectivity index (χ4n) is 2.79. The van der Waals surface area contributed by atoms with Gasteiger partial charge in [0.25, 0.3) is 5.91 Å². The maximum absolute atomic E-state index is 12.7. The Labute approximate surface area is 177 Å². The van der Waals surface area contributed by atoms with Crippen LogP contribution < -0.4 is 24.8 Å². The minimum atomic E-state index is -0.686. The van der Waals surface area contributed by atoms with Crippen LogP contribution in [0.5, 0.6) is 17.2 Å². The molecule has 2 aromatic carbocycles. The van der Waals surface area contributed by atoms with Crippen molar-refractivity contribution in [3.8, 4) is 17.2 Å². The van der Waals surface area contributed by atoms with E-state index in [-0.39, 0.29) is 17.7 Å². The zero-order chi connectivity index (χ0) is 22.1. The molecule has 0 saturated heterocycles. The highest BCUT2D eigenvalue weighted by Crippen LogP contribution is 2.22. The zero-order valence-corrected chi connectivity index (χ0v) is 18.2. The van der Waals surface area contributed by atoms with Crippen LogP contribution in [0.4, 0.5) is 0 Å². The van der Waals surface area contributed by atoms with E-state index >= 15 is 0 Å². The summed E-state index contributed by atoms with van der Waals surface area (Å²) in [5.41, 5.74) is 1.51. The number of methoxy groups -OCH3 is 2. The molecule has 2 rings (SSSR count). The van der Waals surface area contributed by atoms with Crippen LogP contribution in [0.3, 0.4) is 0 Å². The van der Waals surface area contributed by atoms with Crippen LogP contribution in [0, 0.1) is 12.8 Å². The topological polar surface area (TPSA) is 85.9 Å². The van der Waals surface area contributed by atoms with Gasteiger partial charge in [-0.05, 0) is 37.1 Å². The van der Waals surface area contributed by atoms with E-state index in [0.29, 0.717) is 30.2 Å². The third kappa shape index (κ3) is 6.69. The molecule has 7 nitrogen and oxygen atoms in total. The van der Waals surface area contributed by atoms with Gasteiger partial charge in [0.1, 0.15) is 29.9 Å². The van der Waals surface area contributed by atoms with Crippen LogP contribution >= 0.6 is 0 Å². The quantitative estimate of drug-likeness (QED) is 0.584. The average Bonchev–Trinajstić information content (AvgIpc) is 2.75. The minimum absolute atomic E-state index is 0.0977. The Hall–Kier alpha value is -3.22. The third-order valence-corrected chi connectivity index (χ3v) is 4.54. The lowest BCUT2D eigenvalue weighted by molar-refractivity contribution is -0.124. The number of benzene rings is 2. The van der Waals surface area contributed by atoms with E-state index in [1.54, 1.807) is 18.2 Å². The monoisotopic (exact) mass is 414 g/mol. The summed E-state index contributed by atoms with van der Waals surface area (Å²) in [5.74, 6) is 1.00. The largest absolute Gasteiger partial charge is 0.497 e. The van der Waals surface area contributed by atoms with E-state index in [1.807, 2.05) is 45.0 Å². The summed E-state index contributed by atoms with van der Waals surface area (Å²) < 4.78 is 16.0. The molecule has 0 aliphatic rings. The standard InChI is InChI=1S/C23H30N2O5/c1-15(2)21(23(27)24-10-11-30-18-8-6-16(3)7-9-18)25-22(26)17-12-19(28-4)14-20(13-17)29-5/h6-9,12-15,21H,10-11H2,1-5H3,(H,24,27)(H,25,26). The van der Waals surface area contributed by atoms with E-state index in [1.165, 1.54) is 14.2 Å². The molecular formula is C23H30N2O5. The van der Waals surface area contributed by atoms with Gasteiger partial charge in [-0.2, -0.15) is 0 Å². The Morgan fingerprint density at radius 1 is 0.933 bits per heavy atom. The molecule has 1 atom stereocenters. The SMILES string of the molecule is COc1cc(OC)cc(C(=O)NC(C(=O)NCCOc2ccc(C)cc2)C(C)C)c1. The Morgan fingerprint density at radius 2 is 1.53 bits per heavy atom. The summed E-state index contributed by atoms with van der Waals surface area (Å²) in [6, 6.07) is 11.9. The molecule has 2 aromatic rings. The Balaban J connectivity index is 1.93. The minimum Gasteiger partial charge on any atom is -0.497 e. The summed E-state index contributed by atoms with van der Waals surface area (Å²) in [4.78, 5) is 25.3. The van der Waals surface area contributed by atoms with Gasteiger partial charge in [-0.25, -0.2) is 0 Å². The van der Waals surface area contributed by atoms with E-state index in [0.717, 1.165) is 11.3 Å². The second-order valence-electron chi connectivity index (χ2n) is 7.25. The van der Waals surface area contributed by atoms with Crippen molar-refractivity contribution in [3.63, 3.8) is 0 Å². The summed E-state index contributed by atoms with van der Waals surface area (Å²) in [7, 11) is 3.03. The van der Waals surface area contributed by atoms with Crippen LogP contribution in [-0.2, 0) is 4.79 Å². The molecule has 2 amide bonds. The fraction of sp³-hybridized carbons (Fsp3) is 0.391. The maximum Gasteiger partial charge on any atom is 0.252 e. The Bertz CT molecular complexity index is 827. The molecule has 2 N–H and O–H groups in total. The first kappa shape index (κ1) is 23.1. The van der Waals surface area contributed by atoms with E-state index in [4.69, 9.17) is 14.2 Å². The number of nitrogens with one attached hydrogen (secondary N) is 2. The van der Waals surface area contributed by atoms with Gasteiger partial charge in [0.05, 0.1) is 20.8 Å². The first-order chi connectivity index (χ1) is 14.3. The van der Waals surface area contributed by atoms with Crippen LogP contribution in [-0.4, -0.2) is 45.2 Å².